The van der Waals surface area contributed by atoms with Crippen LogP contribution >= 0.6 is 12.6 Å². The number of aryl methyl sites for hydroxylation is 1. The molecule has 0 saturated heterocycles. The fourth-order valence-corrected chi connectivity index (χ4v) is 2.70. The maximum absolute atomic E-state index is 10.7. The average molecular weight is 360 g/mol. The van der Waals surface area contributed by atoms with Crippen molar-refractivity contribution in [2.24, 2.45) is 0 Å². The standard InChI is InChI=1S/C20H24O4S/c1-23-17-8-5-6-9-18(17)24-16-13-11-15(12-14-16)7-3-2-4-10-19(25)20(21)22/h5-6,8-9,11-14,19,25H,2-4,7,10H2,1H3,(H,21,22). The van der Waals surface area contributed by atoms with Gasteiger partial charge in [0.15, 0.2) is 11.5 Å². The molecule has 1 atom stereocenters. The maximum Gasteiger partial charge on any atom is 0.316 e. The monoisotopic (exact) mass is 360 g/mol. The zero-order valence-corrected chi connectivity index (χ0v) is 15.2. The van der Waals surface area contributed by atoms with E-state index in [0.29, 0.717) is 17.9 Å². The van der Waals surface area contributed by atoms with E-state index in [4.69, 9.17) is 14.6 Å². The van der Waals surface area contributed by atoms with E-state index in [9.17, 15) is 4.79 Å². The zero-order valence-electron chi connectivity index (χ0n) is 14.4. The summed E-state index contributed by atoms with van der Waals surface area (Å²) < 4.78 is 11.1. The van der Waals surface area contributed by atoms with Crippen LogP contribution in [0.3, 0.4) is 0 Å². The van der Waals surface area contributed by atoms with Gasteiger partial charge in [0.05, 0.1) is 12.4 Å². The number of methoxy groups -OCH3 is 1. The molecular formula is C20H24O4S. The van der Waals surface area contributed by atoms with Crippen molar-refractivity contribution in [1.82, 2.24) is 0 Å². The van der Waals surface area contributed by atoms with Crippen LogP contribution in [0.25, 0.3) is 0 Å². The zero-order chi connectivity index (χ0) is 18.1. The number of benzene rings is 2. The van der Waals surface area contributed by atoms with Crippen molar-refractivity contribution < 1.29 is 19.4 Å². The second-order valence-electron chi connectivity index (χ2n) is 5.85. The van der Waals surface area contributed by atoms with Gasteiger partial charge in [0.1, 0.15) is 5.75 Å². The third-order valence-corrected chi connectivity index (χ3v) is 4.43. The van der Waals surface area contributed by atoms with Crippen LogP contribution in [0.1, 0.15) is 31.2 Å². The van der Waals surface area contributed by atoms with Crippen molar-refractivity contribution in [3.05, 3.63) is 54.1 Å². The number of aliphatic carboxylic acids is 1. The summed E-state index contributed by atoms with van der Waals surface area (Å²) in [5.74, 6) is 1.33. The fraction of sp³-hybridized carbons (Fsp3) is 0.350. The molecule has 2 rings (SSSR count). The van der Waals surface area contributed by atoms with Gasteiger partial charge in [0, 0.05) is 0 Å². The van der Waals surface area contributed by atoms with Crippen molar-refractivity contribution in [3.63, 3.8) is 0 Å². The summed E-state index contributed by atoms with van der Waals surface area (Å²) in [5.41, 5.74) is 1.24. The second kappa shape index (κ2) is 9.99. The average Bonchev–Trinajstić information content (AvgIpc) is 2.63. The van der Waals surface area contributed by atoms with E-state index >= 15 is 0 Å². The number of para-hydroxylation sites is 2. The smallest absolute Gasteiger partial charge is 0.316 e. The molecule has 0 aromatic heterocycles. The molecule has 0 bridgehead atoms. The Hall–Kier alpha value is -2.14. The topological polar surface area (TPSA) is 55.8 Å². The normalized spacial score (nSPS) is 11.8. The molecule has 0 aliphatic rings. The molecule has 2 aromatic rings. The minimum atomic E-state index is -0.839. The van der Waals surface area contributed by atoms with Crippen LogP contribution in [0.5, 0.6) is 17.2 Å². The van der Waals surface area contributed by atoms with Gasteiger partial charge in [0.25, 0.3) is 0 Å². The first-order valence-electron chi connectivity index (χ1n) is 8.41. The Morgan fingerprint density at radius 2 is 1.72 bits per heavy atom. The number of carbonyl (C=O) groups is 1. The van der Waals surface area contributed by atoms with Crippen LogP contribution in [-0.2, 0) is 11.2 Å². The molecular weight excluding hydrogens is 336 g/mol. The highest BCUT2D eigenvalue weighted by Gasteiger charge is 2.10. The first-order valence-corrected chi connectivity index (χ1v) is 8.92. The second-order valence-corrected chi connectivity index (χ2v) is 6.47. The Morgan fingerprint density at radius 1 is 1.04 bits per heavy atom. The lowest BCUT2D eigenvalue weighted by atomic mass is 10.1. The molecule has 1 unspecified atom stereocenters. The van der Waals surface area contributed by atoms with E-state index in [0.717, 1.165) is 31.4 Å². The summed E-state index contributed by atoms with van der Waals surface area (Å²) in [6, 6.07) is 15.6. The predicted molar refractivity (Wildman–Crippen MR) is 102 cm³/mol. The summed E-state index contributed by atoms with van der Waals surface area (Å²) >= 11 is 4.04. The highest BCUT2D eigenvalue weighted by atomic mass is 32.1. The number of carboxylic acid groups (broad SMARTS) is 1. The van der Waals surface area contributed by atoms with Gasteiger partial charge in [-0.05, 0) is 49.1 Å². The minimum absolute atomic E-state index is 0.550. The number of thiol groups is 1. The summed E-state index contributed by atoms with van der Waals surface area (Å²) in [6.45, 7) is 0. The number of hydrogen-bond acceptors (Lipinski definition) is 4. The van der Waals surface area contributed by atoms with Crippen LogP contribution in [0, 0.1) is 0 Å². The lowest BCUT2D eigenvalue weighted by Crippen LogP contribution is -2.12. The largest absolute Gasteiger partial charge is 0.493 e. The third-order valence-electron chi connectivity index (χ3n) is 3.95. The first-order chi connectivity index (χ1) is 12.1. The molecule has 0 spiro atoms. The van der Waals surface area contributed by atoms with E-state index < -0.39 is 11.2 Å². The molecule has 0 heterocycles. The molecule has 0 fully saturated rings. The molecule has 0 aliphatic carbocycles. The maximum atomic E-state index is 10.7. The minimum Gasteiger partial charge on any atom is -0.493 e. The number of hydrogen-bond donors (Lipinski definition) is 2. The number of unbranched alkanes of at least 4 members (excludes halogenated alkanes) is 2. The summed E-state index contributed by atoms with van der Waals surface area (Å²) in [5, 5.41) is 8.24. The molecule has 134 valence electrons. The van der Waals surface area contributed by atoms with Crippen LogP contribution in [0.2, 0.25) is 0 Å². The van der Waals surface area contributed by atoms with Gasteiger partial charge in [-0.15, -0.1) is 0 Å². The lowest BCUT2D eigenvalue weighted by Gasteiger charge is -2.10. The van der Waals surface area contributed by atoms with Gasteiger partial charge in [0.2, 0.25) is 0 Å². The first kappa shape index (κ1) is 19.2. The van der Waals surface area contributed by atoms with E-state index in [-0.39, 0.29) is 0 Å². The van der Waals surface area contributed by atoms with Crippen molar-refractivity contribution in [1.29, 1.82) is 0 Å². The van der Waals surface area contributed by atoms with Crippen LogP contribution in [-0.4, -0.2) is 23.4 Å². The highest BCUT2D eigenvalue weighted by Crippen LogP contribution is 2.31. The van der Waals surface area contributed by atoms with Crippen LogP contribution in [0.4, 0.5) is 0 Å². The van der Waals surface area contributed by atoms with Gasteiger partial charge in [-0.3, -0.25) is 4.79 Å². The fourth-order valence-electron chi connectivity index (χ4n) is 2.52. The highest BCUT2D eigenvalue weighted by molar-refractivity contribution is 7.81. The van der Waals surface area contributed by atoms with Crippen molar-refractivity contribution >= 4 is 18.6 Å². The molecule has 0 radical (unpaired) electrons. The summed E-state index contributed by atoms with van der Waals surface area (Å²) in [4.78, 5) is 10.7. The third kappa shape index (κ3) is 6.35. The number of rotatable bonds is 10. The molecule has 5 heteroatoms. The van der Waals surface area contributed by atoms with E-state index in [1.165, 1.54) is 5.56 Å². The van der Waals surface area contributed by atoms with Gasteiger partial charge in [-0.1, -0.05) is 37.1 Å². The Balaban J connectivity index is 1.77. The molecule has 0 saturated carbocycles. The summed E-state index contributed by atoms with van der Waals surface area (Å²) in [7, 11) is 1.62. The van der Waals surface area contributed by atoms with Crippen LogP contribution in [0.15, 0.2) is 48.5 Å². The molecule has 0 amide bonds. The molecule has 2 aromatic carbocycles. The lowest BCUT2D eigenvalue weighted by molar-refractivity contribution is -0.136. The predicted octanol–water partition coefficient (Wildman–Crippen LogP) is 4.97. The van der Waals surface area contributed by atoms with E-state index in [1.54, 1.807) is 7.11 Å². The molecule has 25 heavy (non-hydrogen) atoms. The molecule has 1 N–H and O–H groups in total. The Kier molecular flexibility index (Phi) is 7.67. The van der Waals surface area contributed by atoms with Gasteiger partial charge in [-0.25, -0.2) is 0 Å². The number of carboxylic acids is 1. The van der Waals surface area contributed by atoms with Gasteiger partial charge >= 0.3 is 5.97 Å². The van der Waals surface area contributed by atoms with Gasteiger partial charge in [-0.2, -0.15) is 12.6 Å². The van der Waals surface area contributed by atoms with E-state index in [2.05, 4.69) is 24.8 Å². The molecule has 0 aliphatic heterocycles. The van der Waals surface area contributed by atoms with Gasteiger partial charge < -0.3 is 14.6 Å². The number of ether oxygens (including phenoxy) is 2. The van der Waals surface area contributed by atoms with E-state index in [1.807, 2.05) is 36.4 Å². The van der Waals surface area contributed by atoms with Crippen molar-refractivity contribution in [2.45, 2.75) is 37.4 Å². The summed E-state index contributed by atoms with van der Waals surface area (Å²) in [6.07, 6.45) is 4.51. The molecule has 4 nitrogen and oxygen atoms in total. The quantitative estimate of drug-likeness (QED) is 0.464. The SMILES string of the molecule is COc1ccccc1Oc1ccc(CCCCCC(S)C(=O)O)cc1. The van der Waals surface area contributed by atoms with Crippen molar-refractivity contribution in [2.75, 3.05) is 7.11 Å². The van der Waals surface area contributed by atoms with Crippen LogP contribution < -0.4 is 9.47 Å². The Bertz CT molecular complexity index is 670. The Labute approximate surface area is 154 Å². The Morgan fingerprint density at radius 3 is 2.36 bits per heavy atom. The van der Waals surface area contributed by atoms with Crippen molar-refractivity contribution in [3.8, 4) is 17.2 Å².